The molecule has 49 heavy (non-hydrogen) atoms. The molecule has 0 radical (unpaired) electrons. The SMILES string of the molecule is O=C([O-])c1cc(NC(=O)[C@H](Cc2ccccc2F)NC(=O)c2cc3nc[nH]c3cc2C(=O)NCC2CCCCCC2)cc(C(=O)[O-])c1.[Na+].[Na+]. The number of aromatic amines is 1. The normalized spacial score (nSPS) is 13.6. The molecule has 5 rings (SSSR count). The van der Waals surface area contributed by atoms with Gasteiger partial charge in [0.25, 0.3) is 11.8 Å². The Bertz CT molecular complexity index is 1810. The van der Waals surface area contributed by atoms with Crippen LogP contribution in [0.3, 0.4) is 0 Å². The molecule has 1 aromatic heterocycles. The summed E-state index contributed by atoms with van der Waals surface area (Å²) in [6.45, 7) is 0.442. The van der Waals surface area contributed by atoms with Crippen LogP contribution in [0, 0.1) is 11.7 Å². The largest absolute Gasteiger partial charge is 1.00 e. The van der Waals surface area contributed by atoms with E-state index in [1.54, 1.807) is 6.07 Å². The van der Waals surface area contributed by atoms with Gasteiger partial charge in [0.2, 0.25) is 5.91 Å². The van der Waals surface area contributed by atoms with Crippen LogP contribution in [0.2, 0.25) is 0 Å². The van der Waals surface area contributed by atoms with Crippen molar-refractivity contribution in [3.63, 3.8) is 0 Å². The molecule has 1 saturated carbocycles. The number of carbonyl (C=O) groups excluding carboxylic acids is 5. The summed E-state index contributed by atoms with van der Waals surface area (Å²) in [5.41, 5.74) is -0.369. The summed E-state index contributed by atoms with van der Waals surface area (Å²) in [6.07, 6.45) is 7.56. The number of anilines is 1. The number of aromatic carboxylic acids is 2. The van der Waals surface area contributed by atoms with Gasteiger partial charge in [-0.05, 0) is 71.8 Å². The van der Waals surface area contributed by atoms with Gasteiger partial charge in [-0.3, -0.25) is 14.4 Å². The first kappa shape index (κ1) is 39.8. The zero-order chi connectivity index (χ0) is 33.5. The van der Waals surface area contributed by atoms with E-state index in [-0.39, 0.29) is 87.9 Å². The summed E-state index contributed by atoms with van der Waals surface area (Å²) in [6, 6.07) is 9.83. The Morgan fingerprint density at radius 2 is 1.49 bits per heavy atom. The molecule has 15 heteroatoms. The molecule has 3 aromatic carbocycles. The summed E-state index contributed by atoms with van der Waals surface area (Å²) in [5, 5.41) is 30.9. The van der Waals surface area contributed by atoms with Crippen molar-refractivity contribution in [2.24, 2.45) is 5.92 Å². The molecule has 0 aliphatic heterocycles. The predicted octanol–water partition coefficient (Wildman–Crippen LogP) is -3.88. The molecule has 0 unspecified atom stereocenters. The van der Waals surface area contributed by atoms with Crippen LogP contribution >= 0.6 is 0 Å². The number of hydrogen-bond donors (Lipinski definition) is 4. The first-order valence-corrected chi connectivity index (χ1v) is 15.3. The molecule has 12 nitrogen and oxygen atoms in total. The third-order valence-electron chi connectivity index (χ3n) is 8.25. The molecule has 1 aliphatic rings. The number of carbonyl (C=O) groups is 5. The topological polar surface area (TPSA) is 196 Å². The molecule has 0 bridgehead atoms. The minimum Gasteiger partial charge on any atom is -0.545 e. The van der Waals surface area contributed by atoms with Gasteiger partial charge in [0, 0.05) is 18.7 Å². The van der Waals surface area contributed by atoms with Gasteiger partial charge in [-0.1, -0.05) is 43.9 Å². The summed E-state index contributed by atoms with van der Waals surface area (Å²) in [4.78, 5) is 70.9. The van der Waals surface area contributed by atoms with E-state index in [4.69, 9.17) is 0 Å². The van der Waals surface area contributed by atoms with Crippen LogP contribution in [0.25, 0.3) is 11.0 Å². The van der Waals surface area contributed by atoms with Gasteiger partial charge in [-0.25, -0.2) is 9.37 Å². The Morgan fingerprint density at radius 1 is 0.857 bits per heavy atom. The number of carboxylic acid groups (broad SMARTS) is 2. The van der Waals surface area contributed by atoms with Crippen LogP contribution in [0.4, 0.5) is 10.1 Å². The van der Waals surface area contributed by atoms with E-state index in [9.17, 15) is 38.6 Å². The van der Waals surface area contributed by atoms with Crippen molar-refractivity contribution in [1.29, 1.82) is 0 Å². The van der Waals surface area contributed by atoms with Gasteiger partial charge in [0.15, 0.2) is 0 Å². The minimum atomic E-state index is -1.70. The predicted molar refractivity (Wildman–Crippen MR) is 165 cm³/mol. The van der Waals surface area contributed by atoms with Crippen molar-refractivity contribution < 1.29 is 97.7 Å². The summed E-state index contributed by atoms with van der Waals surface area (Å²) >= 11 is 0. The molecule has 1 heterocycles. The van der Waals surface area contributed by atoms with Crippen LogP contribution < -0.4 is 85.3 Å². The number of amides is 3. The molecule has 1 fully saturated rings. The van der Waals surface area contributed by atoms with Crippen LogP contribution in [0.1, 0.15) is 85.5 Å². The first-order chi connectivity index (χ1) is 22.6. The first-order valence-electron chi connectivity index (χ1n) is 15.3. The number of hydrogen-bond acceptors (Lipinski definition) is 8. The van der Waals surface area contributed by atoms with Crippen molar-refractivity contribution in [3.05, 3.63) is 94.6 Å². The number of imidazole rings is 1. The molecule has 3 amide bonds. The maximum Gasteiger partial charge on any atom is 1.00 e. The monoisotopic (exact) mass is 687 g/mol. The maximum absolute atomic E-state index is 14.7. The minimum absolute atomic E-state index is 0. The molecule has 0 spiro atoms. The Morgan fingerprint density at radius 3 is 2.12 bits per heavy atom. The fourth-order valence-corrected chi connectivity index (χ4v) is 5.75. The zero-order valence-corrected chi connectivity index (χ0v) is 31.3. The fourth-order valence-electron chi connectivity index (χ4n) is 5.75. The molecule has 1 atom stereocenters. The zero-order valence-electron chi connectivity index (χ0n) is 27.3. The summed E-state index contributed by atoms with van der Waals surface area (Å²) < 4.78 is 14.7. The second kappa shape index (κ2) is 18.4. The average molecular weight is 688 g/mol. The third kappa shape index (κ3) is 10.5. The molecule has 0 saturated heterocycles. The van der Waals surface area contributed by atoms with Crippen molar-refractivity contribution in [1.82, 2.24) is 20.6 Å². The van der Waals surface area contributed by atoms with E-state index in [2.05, 4.69) is 25.9 Å². The number of benzene rings is 3. The van der Waals surface area contributed by atoms with Crippen molar-refractivity contribution in [2.75, 3.05) is 11.9 Å². The Kier molecular flexibility index (Phi) is 15.0. The van der Waals surface area contributed by atoms with Gasteiger partial charge < -0.3 is 40.7 Å². The molecular weight excluding hydrogens is 655 g/mol. The maximum atomic E-state index is 14.7. The molecule has 4 aromatic rings. The van der Waals surface area contributed by atoms with E-state index >= 15 is 0 Å². The molecule has 244 valence electrons. The Hall–Kier alpha value is -3.59. The number of H-pyrrole nitrogens is 1. The number of aromatic nitrogens is 2. The van der Waals surface area contributed by atoms with Crippen molar-refractivity contribution in [3.8, 4) is 0 Å². The third-order valence-corrected chi connectivity index (χ3v) is 8.25. The van der Waals surface area contributed by atoms with Crippen LogP contribution in [0.15, 0.2) is 60.9 Å². The summed E-state index contributed by atoms with van der Waals surface area (Å²) in [5.74, 6) is -5.95. The van der Waals surface area contributed by atoms with E-state index in [0.717, 1.165) is 56.7 Å². The number of fused-ring (bicyclic) bond motifs is 1. The molecule has 4 N–H and O–H groups in total. The number of nitrogens with zero attached hydrogens (tertiary/aromatic N) is 1. The van der Waals surface area contributed by atoms with E-state index < -0.39 is 52.6 Å². The van der Waals surface area contributed by atoms with Crippen LogP contribution in [-0.4, -0.2) is 52.2 Å². The van der Waals surface area contributed by atoms with Crippen LogP contribution in [-0.2, 0) is 11.2 Å². The second-order valence-corrected chi connectivity index (χ2v) is 11.6. The van der Waals surface area contributed by atoms with Gasteiger partial charge in [0.1, 0.15) is 11.9 Å². The number of nitrogens with one attached hydrogen (secondary N) is 4. The van der Waals surface area contributed by atoms with Gasteiger partial charge >= 0.3 is 59.1 Å². The number of halogens is 1. The van der Waals surface area contributed by atoms with E-state index in [0.29, 0.717) is 23.5 Å². The average Bonchev–Trinajstić information content (AvgIpc) is 3.36. The number of carboxylic acids is 2. The molecule has 1 aliphatic carbocycles. The van der Waals surface area contributed by atoms with Crippen molar-refractivity contribution >= 4 is 46.4 Å². The molecular formula is C34H32FN5Na2O7. The standard InChI is InChI=1S/C34H34FN5O7.2Na/c35-26-10-6-5-9-20(26)14-29(32(43)39-23-12-21(33(44)45)11-22(13-23)34(46)47)40-31(42)25-16-28-27(37-18-38-28)15-24(25)30(41)36-17-19-7-3-1-2-4-8-19;;/h5-6,9-13,15-16,18-19,29H,1-4,7-8,14,17H2,(H,36,41)(H,37,38)(H,39,43)(H,40,42)(H,44,45)(H,46,47);;/q;2*+1/p-2/t29-;;/m0../s1. The number of rotatable bonds is 11. The van der Waals surface area contributed by atoms with Gasteiger partial charge in [0.05, 0.1) is 40.4 Å². The smallest absolute Gasteiger partial charge is 0.545 e. The summed E-state index contributed by atoms with van der Waals surface area (Å²) in [7, 11) is 0. The van der Waals surface area contributed by atoms with Crippen LogP contribution in [0.5, 0.6) is 0 Å². The van der Waals surface area contributed by atoms with E-state index in [1.807, 2.05) is 0 Å². The van der Waals surface area contributed by atoms with E-state index in [1.165, 1.54) is 36.7 Å². The van der Waals surface area contributed by atoms with Gasteiger partial charge in [-0.15, -0.1) is 0 Å². The fraction of sp³-hybridized carbons (Fsp3) is 0.294. The Labute approximate surface area is 325 Å². The van der Waals surface area contributed by atoms with Crippen molar-refractivity contribution in [2.45, 2.75) is 51.0 Å². The van der Waals surface area contributed by atoms with Gasteiger partial charge in [-0.2, -0.15) is 0 Å². The second-order valence-electron chi connectivity index (χ2n) is 11.6. The quantitative estimate of drug-likeness (QED) is 0.0908. The Balaban J connectivity index is 0.00000325.